The van der Waals surface area contributed by atoms with Gasteiger partial charge in [0, 0.05) is 5.38 Å². The molecule has 0 atom stereocenters. The first-order chi connectivity index (χ1) is 12.1. The van der Waals surface area contributed by atoms with Crippen molar-refractivity contribution in [2.45, 2.75) is 13.5 Å². The smallest absolute Gasteiger partial charge is 0.408 e. The molecule has 25 heavy (non-hydrogen) atoms. The lowest BCUT2D eigenvalue weighted by Crippen LogP contribution is -2.24. The SMILES string of the molecule is Cc1nc(-c2nnc(NC(=O)Cn3c(=O)oc4ccccc43)o2)cs1. The minimum absolute atomic E-state index is 0.0634. The molecule has 1 aromatic carbocycles. The summed E-state index contributed by atoms with van der Waals surface area (Å²) in [6.45, 7) is 1.63. The number of aryl methyl sites for hydroxylation is 1. The van der Waals surface area contributed by atoms with Crippen LogP contribution in [0.2, 0.25) is 0 Å². The molecule has 0 aliphatic carbocycles. The highest BCUT2D eigenvalue weighted by Gasteiger charge is 2.16. The van der Waals surface area contributed by atoms with Gasteiger partial charge in [-0.05, 0) is 19.1 Å². The van der Waals surface area contributed by atoms with Gasteiger partial charge >= 0.3 is 11.8 Å². The molecule has 10 heteroatoms. The van der Waals surface area contributed by atoms with Gasteiger partial charge in [0.05, 0.1) is 10.5 Å². The first-order valence-corrected chi connectivity index (χ1v) is 8.12. The molecule has 0 unspecified atom stereocenters. The van der Waals surface area contributed by atoms with Gasteiger partial charge in [0.1, 0.15) is 12.2 Å². The number of carbonyl (C=O) groups excluding carboxylic acids is 1. The fraction of sp³-hybridized carbons (Fsp3) is 0.133. The summed E-state index contributed by atoms with van der Waals surface area (Å²) in [6, 6.07) is 6.79. The maximum atomic E-state index is 12.2. The summed E-state index contributed by atoms with van der Waals surface area (Å²) in [6.07, 6.45) is 0. The average Bonchev–Trinajstić information content (AvgIpc) is 3.28. The van der Waals surface area contributed by atoms with Crippen LogP contribution in [0.25, 0.3) is 22.7 Å². The van der Waals surface area contributed by atoms with Crippen molar-refractivity contribution in [3.05, 3.63) is 45.2 Å². The second-order valence-electron chi connectivity index (χ2n) is 5.13. The molecule has 0 saturated heterocycles. The van der Waals surface area contributed by atoms with Crippen LogP contribution in [0.5, 0.6) is 0 Å². The molecule has 4 rings (SSSR count). The van der Waals surface area contributed by atoms with Crippen LogP contribution < -0.4 is 11.1 Å². The first kappa shape index (κ1) is 15.3. The minimum Gasteiger partial charge on any atom is -0.408 e. The van der Waals surface area contributed by atoms with E-state index >= 15 is 0 Å². The third-order valence-electron chi connectivity index (χ3n) is 3.38. The van der Waals surface area contributed by atoms with Gasteiger partial charge < -0.3 is 8.83 Å². The standard InChI is InChI=1S/C15H11N5O4S/c1-8-16-9(7-25-8)13-18-19-14(24-13)17-12(21)6-20-10-4-2-3-5-11(10)23-15(20)22/h2-5,7H,6H2,1H3,(H,17,19,21). The highest BCUT2D eigenvalue weighted by atomic mass is 32.1. The summed E-state index contributed by atoms with van der Waals surface area (Å²) in [5.74, 6) is -0.885. The Morgan fingerprint density at radius 2 is 2.12 bits per heavy atom. The zero-order chi connectivity index (χ0) is 17.4. The number of fused-ring (bicyclic) bond motifs is 1. The van der Waals surface area contributed by atoms with Crippen molar-refractivity contribution in [2.24, 2.45) is 0 Å². The van der Waals surface area contributed by atoms with Crippen molar-refractivity contribution >= 4 is 34.4 Å². The summed E-state index contributed by atoms with van der Waals surface area (Å²) < 4.78 is 11.7. The average molecular weight is 357 g/mol. The molecule has 3 heterocycles. The number of para-hydroxylation sites is 2. The monoisotopic (exact) mass is 357 g/mol. The van der Waals surface area contributed by atoms with Crippen molar-refractivity contribution < 1.29 is 13.6 Å². The third-order valence-corrected chi connectivity index (χ3v) is 4.16. The molecule has 0 spiro atoms. The molecule has 0 fully saturated rings. The Balaban J connectivity index is 1.52. The van der Waals surface area contributed by atoms with Crippen LogP contribution in [0.4, 0.5) is 6.01 Å². The molecule has 1 N–H and O–H groups in total. The molecule has 9 nitrogen and oxygen atoms in total. The lowest BCUT2D eigenvalue weighted by molar-refractivity contribution is -0.116. The van der Waals surface area contributed by atoms with Crippen molar-refractivity contribution in [3.63, 3.8) is 0 Å². The Morgan fingerprint density at radius 3 is 2.92 bits per heavy atom. The number of hydrogen-bond acceptors (Lipinski definition) is 8. The number of nitrogens with zero attached hydrogens (tertiary/aromatic N) is 4. The van der Waals surface area contributed by atoms with E-state index in [1.807, 2.05) is 6.92 Å². The predicted octanol–water partition coefficient (Wildman–Crippen LogP) is 2.05. The summed E-state index contributed by atoms with van der Waals surface area (Å²) in [4.78, 5) is 28.3. The maximum absolute atomic E-state index is 12.2. The van der Waals surface area contributed by atoms with E-state index in [-0.39, 0.29) is 18.5 Å². The molecule has 0 aliphatic rings. The van der Waals surface area contributed by atoms with E-state index in [0.29, 0.717) is 16.8 Å². The Hall–Kier alpha value is -3.27. The van der Waals surface area contributed by atoms with E-state index in [2.05, 4.69) is 20.5 Å². The van der Waals surface area contributed by atoms with Gasteiger partial charge in [-0.15, -0.1) is 16.4 Å². The molecule has 0 aliphatic heterocycles. The van der Waals surface area contributed by atoms with Gasteiger partial charge in [-0.1, -0.05) is 17.2 Å². The van der Waals surface area contributed by atoms with Crippen LogP contribution in [-0.4, -0.2) is 25.7 Å². The van der Waals surface area contributed by atoms with Crippen LogP contribution in [0.15, 0.2) is 43.3 Å². The topological polar surface area (TPSA) is 116 Å². The molecule has 0 saturated carbocycles. The second kappa shape index (κ2) is 5.98. The summed E-state index contributed by atoms with van der Waals surface area (Å²) >= 11 is 1.45. The molecule has 1 amide bonds. The summed E-state index contributed by atoms with van der Waals surface area (Å²) in [7, 11) is 0. The summed E-state index contributed by atoms with van der Waals surface area (Å²) in [5.41, 5.74) is 1.50. The molecule has 126 valence electrons. The number of anilines is 1. The zero-order valence-corrected chi connectivity index (χ0v) is 13.7. The zero-order valence-electron chi connectivity index (χ0n) is 12.9. The van der Waals surface area contributed by atoms with Gasteiger partial charge in [-0.25, -0.2) is 9.78 Å². The van der Waals surface area contributed by atoms with Crippen LogP contribution in [0.3, 0.4) is 0 Å². The highest BCUT2D eigenvalue weighted by molar-refractivity contribution is 7.09. The first-order valence-electron chi connectivity index (χ1n) is 7.24. The lowest BCUT2D eigenvalue weighted by atomic mass is 10.3. The highest BCUT2D eigenvalue weighted by Crippen LogP contribution is 2.21. The van der Waals surface area contributed by atoms with E-state index in [9.17, 15) is 9.59 Å². The number of carbonyl (C=O) groups is 1. The second-order valence-corrected chi connectivity index (χ2v) is 6.20. The van der Waals surface area contributed by atoms with Gasteiger partial charge in [-0.3, -0.25) is 14.7 Å². The normalized spacial score (nSPS) is 11.1. The number of rotatable bonds is 4. The number of oxazole rings is 1. The van der Waals surface area contributed by atoms with E-state index in [1.54, 1.807) is 29.6 Å². The number of aromatic nitrogens is 4. The molecule has 0 radical (unpaired) electrons. The minimum atomic E-state index is -0.611. The van der Waals surface area contributed by atoms with Crippen molar-refractivity contribution in [1.29, 1.82) is 0 Å². The van der Waals surface area contributed by atoms with Gasteiger partial charge in [0.15, 0.2) is 5.58 Å². The molecule has 0 bridgehead atoms. The van der Waals surface area contributed by atoms with Crippen LogP contribution in [-0.2, 0) is 11.3 Å². The quantitative estimate of drug-likeness (QED) is 0.594. The third kappa shape index (κ3) is 2.94. The van der Waals surface area contributed by atoms with E-state index in [0.717, 1.165) is 5.01 Å². The van der Waals surface area contributed by atoms with E-state index in [1.165, 1.54) is 15.9 Å². The number of benzene rings is 1. The fourth-order valence-electron chi connectivity index (χ4n) is 2.30. The van der Waals surface area contributed by atoms with Crippen molar-refractivity contribution in [2.75, 3.05) is 5.32 Å². The van der Waals surface area contributed by atoms with Crippen molar-refractivity contribution in [3.8, 4) is 11.6 Å². The largest absolute Gasteiger partial charge is 0.420 e. The predicted molar refractivity (Wildman–Crippen MR) is 89.2 cm³/mol. The fourth-order valence-corrected chi connectivity index (χ4v) is 2.89. The van der Waals surface area contributed by atoms with Crippen LogP contribution in [0, 0.1) is 6.92 Å². The number of nitrogens with one attached hydrogen (secondary N) is 1. The Morgan fingerprint density at radius 1 is 1.28 bits per heavy atom. The van der Waals surface area contributed by atoms with Crippen molar-refractivity contribution in [1.82, 2.24) is 19.7 Å². The molecular formula is C15H11N5O4S. The van der Waals surface area contributed by atoms with Gasteiger partial charge in [0.25, 0.3) is 5.89 Å². The summed E-state index contributed by atoms with van der Waals surface area (Å²) in [5, 5.41) is 12.7. The Labute approximate surface area is 143 Å². The van der Waals surface area contributed by atoms with Gasteiger partial charge in [0.2, 0.25) is 5.91 Å². The Bertz CT molecular complexity index is 1120. The van der Waals surface area contributed by atoms with Gasteiger partial charge in [-0.2, -0.15) is 0 Å². The van der Waals surface area contributed by atoms with E-state index < -0.39 is 11.7 Å². The number of thiazole rings is 1. The number of hydrogen-bond donors (Lipinski definition) is 1. The molecular weight excluding hydrogens is 346 g/mol. The lowest BCUT2D eigenvalue weighted by Gasteiger charge is -2.01. The molecule has 4 aromatic rings. The Kier molecular flexibility index (Phi) is 3.65. The van der Waals surface area contributed by atoms with Crippen LogP contribution in [0.1, 0.15) is 5.01 Å². The van der Waals surface area contributed by atoms with Crippen LogP contribution >= 0.6 is 11.3 Å². The number of amides is 1. The van der Waals surface area contributed by atoms with E-state index in [4.69, 9.17) is 8.83 Å². The maximum Gasteiger partial charge on any atom is 0.420 e. The molecule has 3 aromatic heterocycles.